The lowest BCUT2D eigenvalue weighted by molar-refractivity contribution is -0.450. The van der Waals surface area contributed by atoms with E-state index < -0.39 is 70.5 Å². The highest BCUT2D eigenvalue weighted by Gasteiger charge is 2.86. The number of hydrogen-bond donors (Lipinski definition) is 2. The molecule has 1 spiro atoms. The first-order valence-electron chi connectivity index (χ1n) is 15.7. The van der Waals surface area contributed by atoms with Crippen molar-refractivity contribution in [3.05, 3.63) is 23.3 Å². The molecule has 3 saturated carbocycles. The van der Waals surface area contributed by atoms with Gasteiger partial charge in [-0.05, 0) is 43.6 Å². The first-order chi connectivity index (χ1) is 20.3. The third-order valence-electron chi connectivity index (χ3n) is 12.6. The molecule has 8 aliphatic rings. The molecule has 4 aliphatic carbocycles. The van der Waals surface area contributed by atoms with Gasteiger partial charge in [-0.15, -0.1) is 0 Å². The summed E-state index contributed by atoms with van der Waals surface area (Å²) in [5.74, 6) is -2.98. The van der Waals surface area contributed by atoms with Crippen molar-refractivity contribution in [3.8, 4) is 0 Å². The summed E-state index contributed by atoms with van der Waals surface area (Å²) in [6, 6.07) is 0. The van der Waals surface area contributed by atoms with Crippen LogP contribution in [0.25, 0.3) is 0 Å². The Kier molecular flexibility index (Phi) is 5.92. The fourth-order valence-corrected chi connectivity index (χ4v) is 10.8. The number of rotatable bonds is 3. The Morgan fingerprint density at radius 1 is 1.14 bits per heavy atom. The summed E-state index contributed by atoms with van der Waals surface area (Å²) in [6.07, 6.45) is 3.60. The zero-order valence-corrected chi connectivity index (χ0v) is 25.4. The quantitative estimate of drug-likeness (QED) is 0.279. The summed E-state index contributed by atoms with van der Waals surface area (Å²) in [4.78, 5) is 24.4. The number of aliphatic hydroxyl groups is 2. The smallest absolute Gasteiger partial charge is 0.331 e. The van der Waals surface area contributed by atoms with Gasteiger partial charge in [0.2, 0.25) is 12.1 Å². The second-order valence-corrected chi connectivity index (χ2v) is 14.7. The molecule has 6 fully saturated rings. The van der Waals surface area contributed by atoms with Crippen LogP contribution in [-0.4, -0.2) is 95.8 Å². The highest BCUT2D eigenvalue weighted by Crippen LogP contribution is 2.77. The molecule has 14 unspecified atom stereocenters. The van der Waals surface area contributed by atoms with Gasteiger partial charge < -0.3 is 43.4 Å². The van der Waals surface area contributed by atoms with E-state index in [-0.39, 0.29) is 37.1 Å². The third kappa shape index (κ3) is 3.50. The summed E-state index contributed by atoms with van der Waals surface area (Å²) < 4.78 is 42.3. The van der Waals surface area contributed by atoms with Gasteiger partial charge in [0.15, 0.2) is 0 Å². The van der Waals surface area contributed by atoms with Crippen LogP contribution in [-0.2, 0) is 42.7 Å². The SMILES string of the molecule is COC1CC(C)OC2OC3C=C4CC5OC56C(CCC5(C)C(C7=CC(=O)OC7)C(OC(C)=O)CC56O)C4(C)CC3OC12O. The minimum atomic E-state index is -1.73. The molecule has 0 radical (unpaired) electrons. The molecule has 4 heterocycles. The number of carbonyl (C=O) groups excluding carboxylic acids is 2. The van der Waals surface area contributed by atoms with Crippen LogP contribution >= 0.6 is 0 Å². The van der Waals surface area contributed by atoms with Crippen LogP contribution in [0.2, 0.25) is 0 Å². The number of methoxy groups -OCH3 is 1. The molecular formula is C32H42O11. The maximum Gasteiger partial charge on any atom is 0.331 e. The minimum absolute atomic E-state index is 0.0481. The predicted molar refractivity (Wildman–Crippen MR) is 146 cm³/mol. The average Bonchev–Trinajstić information content (AvgIpc) is 3.41. The summed E-state index contributed by atoms with van der Waals surface area (Å²) in [5.41, 5.74) is -1.28. The number of cyclic esters (lactones) is 1. The molecule has 236 valence electrons. The monoisotopic (exact) mass is 602 g/mol. The molecule has 43 heavy (non-hydrogen) atoms. The van der Waals surface area contributed by atoms with Gasteiger partial charge >= 0.3 is 11.9 Å². The topological polar surface area (TPSA) is 143 Å². The Labute approximate surface area is 250 Å². The van der Waals surface area contributed by atoms with Crippen molar-refractivity contribution in [3.63, 3.8) is 0 Å². The standard InChI is InChI=1S/C32H42O11/c1-15-8-24(37-5)32(36)27(39-15)41-19-10-18-11-23-31(43-23)22(28(18,3)12-20(19)42-32)6-7-29(4)26(17-9-25(34)38-14-17)21(40-16(2)33)13-30(29,31)35/h9-10,15,19-24,26-27,35-36H,6-8,11-14H2,1-5H3. The van der Waals surface area contributed by atoms with Crippen LogP contribution in [0.15, 0.2) is 23.3 Å². The van der Waals surface area contributed by atoms with Crippen LogP contribution in [0, 0.1) is 22.7 Å². The molecule has 14 atom stereocenters. The van der Waals surface area contributed by atoms with Crippen LogP contribution in [0.5, 0.6) is 0 Å². The van der Waals surface area contributed by atoms with Gasteiger partial charge in [0.05, 0.1) is 18.3 Å². The van der Waals surface area contributed by atoms with Crippen LogP contribution in [0.1, 0.15) is 66.2 Å². The van der Waals surface area contributed by atoms with Crippen LogP contribution in [0.4, 0.5) is 0 Å². The molecule has 3 saturated heterocycles. The summed E-state index contributed by atoms with van der Waals surface area (Å²) in [5, 5.41) is 24.6. The Hall–Kier alpha value is -1.86. The Morgan fingerprint density at radius 2 is 1.93 bits per heavy atom. The van der Waals surface area contributed by atoms with Gasteiger partial charge in [-0.25, -0.2) is 4.79 Å². The molecule has 0 bridgehead atoms. The first kappa shape index (κ1) is 28.6. The first-order valence-corrected chi connectivity index (χ1v) is 15.7. The fraction of sp³-hybridized carbons (Fsp3) is 0.812. The molecule has 11 heteroatoms. The Balaban J connectivity index is 1.15. The van der Waals surface area contributed by atoms with E-state index in [1.165, 1.54) is 18.6 Å². The van der Waals surface area contributed by atoms with Gasteiger partial charge in [0, 0.05) is 50.2 Å². The fourth-order valence-electron chi connectivity index (χ4n) is 10.8. The van der Waals surface area contributed by atoms with Crippen LogP contribution < -0.4 is 0 Å². The van der Waals surface area contributed by atoms with Gasteiger partial charge in [-0.1, -0.05) is 25.5 Å². The highest BCUT2D eigenvalue weighted by atomic mass is 16.8. The van der Waals surface area contributed by atoms with E-state index in [0.29, 0.717) is 25.7 Å². The van der Waals surface area contributed by atoms with Crippen LogP contribution in [0.3, 0.4) is 0 Å². The molecule has 2 N–H and O–H groups in total. The summed E-state index contributed by atoms with van der Waals surface area (Å²) in [6.45, 7) is 7.72. The van der Waals surface area contributed by atoms with E-state index in [4.69, 9.17) is 33.2 Å². The molecule has 4 aliphatic heterocycles. The van der Waals surface area contributed by atoms with E-state index in [2.05, 4.69) is 19.9 Å². The molecular weight excluding hydrogens is 560 g/mol. The molecule has 0 amide bonds. The van der Waals surface area contributed by atoms with Crippen molar-refractivity contribution < 1.29 is 53.0 Å². The maximum absolute atomic E-state index is 13.0. The van der Waals surface area contributed by atoms with Crippen molar-refractivity contribution >= 4 is 11.9 Å². The molecule has 0 aromatic carbocycles. The summed E-state index contributed by atoms with van der Waals surface area (Å²) in [7, 11) is 1.56. The van der Waals surface area contributed by atoms with E-state index in [1.54, 1.807) is 7.11 Å². The second kappa shape index (κ2) is 8.90. The molecule has 8 rings (SSSR count). The lowest BCUT2D eigenvalue weighted by Crippen LogP contribution is -2.70. The normalized spacial score (nSPS) is 56.2. The van der Waals surface area contributed by atoms with Crippen molar-refractivity contribution in [1.29, 1.82) is 0 Å². The van der Waals surface area contributed by atoms with E-state index >= 15 is 0 Å². The van der Waals surface area contributed by atoms with Crippen molar-refractivity contribution in [2.75, 3.05) is 13.7 Å². The Bertz CT molecular complexity index is 1330. The van der Waals surface area contributed by atoms with E-state index in [1.807, 2.05) is 6.92 Å². The van der Waals surface area contributed by atoms with Crippen molar-refractivity contribution in [1.82, 2.24) is 0 Å². The number of esters is 2. The lowest BCUT2D eigenvalue weighted by Gasteiger charge is -2.61. The van der Waals surface area contributed by atoms with E-state index in [9.17, 15) is 19.8 Å². The number of fused-ring (bicyclic) bond motifs is 5. The lowest BCUT2D eigenvalue weighted by atomic mass is 9.44. The average molecular weight is 603 g/mol. The third-order valence-corrected chi connectivity index (χ3v) is 12.6. The Morgan fingerprint density at radius 3 is 2.63 bits per heavy atom. The second-order valence-electron chi connectivity index (χ2n) is 14.7. The molecule has 0 aromatic rings. The number of hydrogen-bond acceptors (Lipinski definition) is 11. The molecule has 11 nitrogen and oxygen atoms in total. The number of ether oxygens (including phenoxy) is 7. The van der Waals surface area contributed by atoms with Gasteiger partial charge in [0.1, 0.15) is 36.1 Å². The largest absolute Gasteiger partial charge is 0.462 e. The van der Waals surface area contributed by atoms with Crippen molar-refractivity contribution in [2.24, 2.45) is 22.7 Å². The predicted octanol–water partition coefficient (Wildman–Crippen LogP) is 2.07. The molecule has 0 aromatic heterocycles. The van der Waals surface area contributed by atoms with Gasteiger partial charge in [-0.2, -0.15) is 0 Å². The number of epoxide rings is 1. The highest BCUT2D eigenvalue weighted by molar-refractivity contribution is 5.85. The van der Waals surface area contributed by atoms with Gasteiger partial charge in [-0.3, -0.25) is 4.79 Å². The maximum atomic E-state index is 13.0. The minimum Gasteiger partial charge on any atom is -0.462 e. The zero-order chi connectivity index (χ0) is 30.3. The number of carbonyl (C=O) groups is 2. The van der Waals surface area contributed by atoms with Crippen molar-refractivity contribution in [2.45, 2.75) is 126 Å². The zero-order valence-electron chi connectivity index (χ0n) is 25.4. The van der Waals surface area contributed by atoms with E-state index in [0.717, 1.165) is 12.0 Å². The van der Waals surface area contributed by atoms with Gasteiger partial charge in [0.25, 0.3) is 0 Å². The summed E-state index contributed by atoms with van der Waals surface area (Å²) >= 11 is 0.